The lowest BCUT2D eigenvalue weighted by Gasteiger charge is -2.00. The Kier molecular flexibility index (Phi) is 5.93. The van der Waals surface area contributed by atoms with Gasteiger partial charge < -0.3 is 19.2 Å². The average molecular weight is 341 g/mol. The third-order valence-corrected chi connectivity index (χ3v) is 2.93. The van der Waals surface area contributed by atoms with Crippen LogP contribution in [0, 0.1) is 0 Å². The van der Waals surface area contributed by atoms with Crippen LogP contribution in [0.2, 0.25) is 0 Å². The summed E-state index contributed by atoms with van der Waals surface area (Å²) in [7, 11) is 1.75. The van der Waals surface area contributed by atoms with E-state index >= 15 is 0 Å². The predicted octanol–water partition coefficient (Wildman–Crippen LogP) is -0.787. The summed E-state index contributed by atoms with van der Waals surface area (Å²) >= 11 is 3.24. The fraction of sp³-hybridized carbons (Fsp3) is 0.167. The van der Waals surface area contributed by atoms with Gasteiger partial charge in [0.25, 0.3) is 0 Å². The predicted molar refractivity (Wildman–Crippen MR) is 80.9 cm³/mol. The van der Waals surface area contributed by atoms with Crippen molar-refractivity contribution in [1.82, 2.24) is 9.13 Å². The third kappa shape index (κ3) is 4.80. The molecular weight excluding hydrogens is 327 g/mol. The van der Waals surface area contributed by atoms with Crippen LogP contribution in [0.1, 0.15) is 0 Å². The number of nitrogens with zero attached hydrogens (tertiary/aromatic N) is 2. The van der Waals surface area contributed by atoms with E-state index in [0.717, 1.165) is 4.47 Å². The van der Waals surface area contributed by atoms with Crippen LogP contribution in [0.5, 0.6) is 0 Å². The Labute approximate surface area is 124 Å². The standard InChI is InChI=1S/C6H8BNO3.C6H6BrNO/c1-8-4-5(7(10)11)2-3-6(8)9;1-8-4-5(7)2-3-6(8)9/h2-4,10-11H,1H3;2-4H,1H3. The first-order valence-electron chi connectivity index (χ1n) is 5.66. The summed E-state index contributed by atoms with van der Waals surface area (Å²) in [6, 6.07) is 5.91. The summed E-state index contributed by atoms with van der Waals surface area (Å²) in [6.07, 6.45) is 3.11. The second-order valence-corrected chi connectivity index (χ2v) is 5.00. The molecule has 2 aromatic rings. The number of rotatable bonds is 1. The number of halogens is 1. The number of hydrogen-bond donors (Lipinski definition) is 2. The largest absolute Gasteiger partial charge is 0.489 e. The molecule has 2 heterocycles. The Morgan fingerprint density at radius 2 is 1.45 bits per heavy atom. The molecule has 0 aliphatic carbocycles. The molecule has 0 radical (unpaired) electrons. The first-order chi connectivity index (χ1) is 9.31. The molecule has 20 heavy (non-hydrogen) atoms. The third-order valence-electron chi connectivity index (χ3n) is 2.46. The minimum atomic E-state index is -1.51. The fourth-order valence-electron chi connectivity index (χ4n) is 1.33. The molecule has 2 aromatic heterocycles. The molecule has 0 saturated carbocycles. The van der Waals surface area contributed by atoms with E-state index in [1.54, 1.807) is 26.4 Å². The highest BCUT2D eigenvalue weighted by atomic mass is 79.9. The van der Waals surface area contributed by atoms with Crippen molar-refractivity contribution in [3.63, 3.8) is 0 Å². The smallest absolute Gasteiger partial charge is 0.423 e. The van der Waals surface area contributed by atoms with Gasteiger partial charge in [0.1, 0.15) is 0 Å². The van der Waals surface area contributed by atoms with Gasteiger partial charge in [0.05, 0.1) is 0 Å². The lowest BCUT2D eigenvalue weighted by molar-refractivity contribution is 0.425. The summed E-state index contributed by atoms with van der Waals surface area (Å²) in [6.45, 7) is 0. The highest BCUT2D eigenvalue weighted by Crippen LogP contribution is 2.03. The molecule has 2 rings (SSSR count). The summed E-state index contributed by atoms with van der Waals surface area (Å²) in [5.74, 6) is 0. The maximum absolute atomic E-state index is 10.8. The topological polar surface area (TPSA) is 84.5 Å². The van der Waals surface area contributed by atoms with Crippen molar-refractivity contribution in [2.24, 2.45) is 14.1 Å². The normalized spacial score (nSPS) is 9.65. The molecule has 106 valence electrons. The Bertz CT molecular complexity index is 696. The van der Waals surface area contributed by atoms with Gasteiger partial charge in [0, 0.05) is 43.1 Å². The summed E-state index contributed by atoms with van der Waals surface area (Å²) in [5, 5.41) is 17.4. The van der Waals surface area contributed by atoms with Gasteiger partial charge in [0.2, 0.25) is 11.1 Å². The van der Waals surface area contributed by atoms with Gasteiger partial charge in [-0.05, 0) is 27.5 Å². The van der Waals surface area contributed by atoms with Crippen molar-refractivity contribution >= 4 is 28.5 Å². The molecule has 2 N–H and O–H groups in total. The fourth-order valence-corrected chi connectivity index (χ4v) is 1.77. The highest BCUT2D eigenvalue weighted by molar-refractivity contribution is 9.10. The van der Waals surface area contributed by atoms with Crippen LogP contribution in [0.25, 0.3) is 0 Å². The minimum absolute atomic E-state index is 0.0122. The lowest BCUT2D eigenvalue weighted by Crippen LogP contribution is -2.33. The van der Waals surface area contributed by atoms with Crippen molar-refractivity contribution < 1.29 is 10.0 Å². The zero-order valence-electron chi connectivity index (χ0n) is 11.0. The van der Waals surface area contributed by atoms with E-state index in [-0.39, 0.29) is 11.1 Å². The second kappa shape index (κ2) is 7.23. The number of pyridine rings is 2. The zero-order chi connectivity index (χ0) is 15.3. The van der Waals surface area contributed by atoms with Crippen LogP contribution < -0.4 is 16.6 Å². The Balaban J connectivity index is 0.000000204. The maximum atomic E-state index is 10.8. The molecule has 0 bridgehead atoms. The molecule has 8 heteroatoms. The molecule has 0 aliphatic rings. The van der Waals surface area contributed by atoms with E-state index in [1.807, 2.05) is 0 Å². The van der Waals surface area contributed by atoms with Crippen LogP contribution in [0.3, 0.4) is 0 Å². The maximum Gasteiger partial charge on any atom is 0.489 e. The van der Waals surface area contributed by atoms with E-state index in [0.29, 0.717) is 5.46 Å². The van der Waals surface area contributed by atoms with Crippen LogP contribution in [0.15, 0.2) is 50.7 Å². The van der Waals surface area contributed by atoms with E-state index in [1.165, 1.54) is 33.5 Å². The van der Waals surface area contributed by atoms with E-state index in [9.17, 15) is 9.59 Å². The molecule has 0 unspecified atom stereocenters. The molecule has 0 atom stereocenters. The van der Waals surface area contributed by atoms with E-state index < -0.39 is 7.12 Å². The monoisotopic (exact) mass is 340 g/mol. The van der Waals surface area contributed by atoms with Crippen molar-refractivity contribution in [1.29, 1.82) is 0 Å². The summed E-state index contributed by atoms with van der Waals surface area (Å²) < 4.78 is 3.73. The van der Waals surface area contributed by atoms with Crippen molar-refractivity contribution in [3.05, 3.63) is 61.8 Å². The van der Waals surface area contributed by atoms with Crippen LogP contribution in [-0.2, 0) is 14.1 Å². The Hall–Kier alpha value is -1.64. The molecule has 6 nitrogen and oxygen atoms in total. The molecule has 0 aromatic carbocycles. The van der Waals surface area contributed by atoms with E-state index in [4.69, 9.17) is 10.0 Å². The number of aromatic nitrogens is 2. The van der Waals surface area contributed by atoms with Gasteiger partial charge in [-0.25, -0.2) is 0 Å². The molecule has 0 aliphatic heterocycles. The summed E-state index contributed by atoms with van der Waals surface area (Å²) in [4.78, 5) is 21.5. The van der Waals surface area contributed by atoms with Gasteiger partial charge in [-0.15, -0.1) is 0 Å². The quantitative estimate of drug-likeness (QED) is 0.666. The van der Waals surface area contributed by atoms with Gasteiger partial charge in [-0.2, -0.15) is 0 Å². The minimum Gasteiger partial charge on any atom is -0.423 e. The van der Waals surface area contributed by atoms with Crippen molar-refractivity contribution in [2.75, 3.05) is 0 Å². The molecule has 0 saturated heterocycles. The lowest BCUT2D eigenvalue weighted by atomic mass is 9.82. The SMILES string of the molecule is Cn1cc(B(O)O)ccc1=O.Cn1cc(Br)ccc1=O. The van der Waals surface area contributed by atoms with Gasteiger partial charge in [-0.1, -0.05) is 6.07 Å². The first-order valence-corrected chi connectivity index (χ1v) is 6.45. The first kappa shape index (κ1) is 16.4. The van der Waals surface area contributed by atoms with Crippen molar-refractivity contribution in [2.45, 2.75) is 0 Å². The Morgan fingerprint density at radius 3 is 1.85 bits per heavy atom. The van der Waals surface area contributed by atoms with Crippen LogP contribution in [-0.4, -0.2) is 26.3 Å². The van der Waals surface area contributed by atoms with Crippen molar-refractivity contribution in [3.8, 4) is 0 Å². The molecular formula is C12H14BBrN2O4. The summed E-state index contributed by atoms with van der Waals surface area (Å²) in [5.41, 5.74) is 0.153. The second-order valence-electron chi connectivity index (χ2n) is 4.08. The number of aryl methyl sites for hydroxylation is 2. The zero-order valence-corrected chi connectivity index (χ0v) is 12.6. The highest BCUT2D eigenvalue weighted by Gasteiger charge is 2.10. The van der Waals surface area contributed by atoms with Gasteiger partial charge >= 0.3 is 7.12 Å². The molecule has 0 amide bonds. The average Bonchev–Trinajstić information content (AvgIpc) is 2.38. The Morgan fingerprint density at radius 1 is 0.950 bits per heavy atom. The van der Waals surface area contributed by atoms with Gasteiger partial charge in [-0.3, -0.25) is 9.59 Å². The van der Waals surface area contributed by atoms with Crippen LogP contribution in [0.4, 0.5) is 0 Å². The molecule has 0 fully saturated rings. The van der Waals surface area contributed by atoms with E-state index in [2.05, 4.69) is 15.9 Å². The number of hydrogen-bond acceptors (Lipinski definition) is 4. The van der Waals surface area contributed by atoms with Crippen LogP contribution >= 0.6 is 15.9 Å². The van der Waals surface area contributed by atoms with Gasteiger partial charge in [0.15, 0.2) is 0 Å². The molecule has 0 spiro atoms.